The Morgan fingerprint density at radius 2 is 1.84 bits per heavy atom. The molecule has 0 amide bonds. The Balaban J connectivity index is 1.57. The zero-order valence-corrected chi connectivity index (χ0v) is 16.4. The summed E-state index contributed by atoms with van der Waals surface area (Å²) in [4.78, 5) is 7.04. The van der Waals surface area contributed by atoms with E-state index in [1.165, 1.54) is 11.8 Å². The summed E-state index contributed by atoms with van der Waals surface area (Å²) in [5.41, 5.74) is 2.34. The highest BCUT2D eigenvalue weighted by Crippen LogP contribution is 2.29. The molecule has 132 valence electrons. The number of aryl methyl sites for hydroxylation is 2. The van der Waals surface area contributed by atoms with Gasteiger partial charge in [0, 0.05) is 23.2 Å². The lowest BCUT2D eigenvalue weighted by Gasteiger charge is -1.99. The molecule has 0 unspecified atom stereocenters. The normalized spacial score (nSPS) is 11.7. The lowest BCUT2D eigenvalue weighted by molar-refractivity contribution is 0.588. The van der Waals surface area contributed by atoms with Crippen LogP contribution >= 0.6 is 22.7 Å². The Morgan fingerprint density at radius 3 is 2.60 bits per heavy atom. The zero-order chi connectivity index (χ0) is 17.7. The van der Waals surface area contributed by atoms with Gasteiger partial charge in [-0.15, -0.1) is 22.7 Å². The maximum atomic E-state index is 11.1. The second-order valence-electron chi connectivity index (χ2n) is 5.79. The number of hydrogen-bond acceptors (Lipinski definition) is 5. The molecule has 0 aliphatic heterocycles. The van der Waals surface area contributed by atoms with E-state index in [-0.39, 0.29) is 0 Å². The van der Waals surface area contributed by atoms with Crippen molar-refractivity contribution in [2.24, 2.45) is 0 Å². The lowest BCUT2D eigenvalue weighted by Crippen LogP contribution is -2.23. The first-order valence-electron chi connectivity index (χ1n) is 8.02. The van der Waals surface area contributed by atoms with Crippen molar-refractivity contribution in [3.63, 3.8) is 0 Å². The topological polar surface area (TPSA) is 59.1 Å². The van der Waals surface area contributed by atoms with Crippen LogP contribution in [0.4, 0.5) is 0 Å². The van der Waals surface area contributed by atoms with E-state index in [9.17, 15) is 8.42 Å². The highest BCUT2D eigenvalue weighted by atomic mass is 32.2. The molecule has 0 atom stereocenters. The van der Waals surface area contributed by atoms with Crippen LogP contribution < -0.4 is 4.72 Å². The summed E-state index contributed by atoms with van der Waals surface area (Å²) in [5, 5.41) is 3.25. The van der Waals surface area contributed by atoms with Crippen LogP contribution in [0, 0.1) is 0 Å². The van der Waals surface area contributed by atoms with E-state index >= 15 is 0 Å². The smallest absolute Gasteiger partial charge is 0.208 e. The van der Waals surface area contributed by atoms with Crippen molar-refractivity contribution in [1.29, 1.82) is 0 Å². The number of sulfonamides is 1. The Kier molecular flexibility index (Phi) is 6.01. The predicted octanol–water partition coefficient (Wildman–Crippen LogP) is 3.75. The third-order valence-corrected chi connectivity index (χ3v) is 6.48. The van der Waals surface area contributed by atoms with Crippen molar-refractivity contribution in [3.05, 3.63) is 63.3 Å². The van der Waals surface area contributed by atoms with E-state index in [1.807, 2.05) is 12.1 Å². The van der Waals surface area contributed by atoms with Crippen LogP contribution in [0.2, 0.25) is 0 Å². The van der Waals surface area contributed by atoms with Gasteiger partial charge in [0.2, 0.25) is 10.0 Å². The first kappa shape index (κ1) is 18.3. The van der Waals surface area contributed by atoms with Crippen molar-refractivity contribution in [2.45, 2.75) is 19.3 Å². The largest absolute Gasteiger partial charge is 0.240 e. The molecule has 0 saturated carbocycles. The fourth-order valence-electron chi connectivity index (χ4n) is 2.44. The summed E-state index contributed by atoms with van der Waals surface area (Å²) in [5.74, 6) is 0. The van der Waals surface area contributed by atoms with Gasteiger partial charge in [-0.3, -0.25) is 0 Å². The van der Waals surface area contributed by atoms with Crippen LogP contribution in [-0.2, 0) is 29.3 Å². The SMILES string of the molecule is CS(=O)(=O)NCCc1ccc(-c2csc(CCc3ccccc3)n2)s1. The van der Waals surface area contributed by atoms with Gasteiger partial charge in [-0.05, 0) is 30.5 Å². The fraction of sp³-hybridized carbons (Fsp3) is 0.278. The van der Waals surface area contributed by atoms with Crippen molar-refractivity contribution >= 4 is 32.7 Å². The number of aromatic nitrogens is 1. The number of rotatable bonds is 8. The molecule has 0 radical (unpaired) electrons. The third-order valence-electron chi connectivity index (χ3n) is 3.67. The Labute approximate surface area is 156 Å². The Morgan fingerprint density at radius 1 is 1.04 bits per heavy atom. The van der Waals surface area contributed by atoms with Crippen molar-refractivity contribution in [3.8, 4) is 10.6 Å². The summed E-state index contributed by atoms with van der Waals surface area (Å²) in [6.07, 6.45) is 3.83. The molecular formula is C18H20N2O2S3. The number of thiophene rings is 1. The van der Waals surface area contributed by atoms with Crippen LogP contribution in [0.3, 0.4) is 0 Å². The average molecular weight is 393 g/mol. The zero-order valence-electron chi connectivity index (χ0n) is 13.9. The van der Waals surface area contributed by atoms with Crippen molar-refractivity contribution in [2.75, 3.05) is 12.8 Å². The van der Waals surface area contributed by atoms with Crippen LogP contribution in [0.15, 0.2) is 47.8 Å². The Hall–Kier alpha value is -1.54. The van der Waals surface area contributed by atoms with E-state index in [0.29, 0.717) is 13.0 Å². The molecule has 0 fully saturated rings. The molecule has 7 heteroatoms. The van der Waals surface area contributed by atoms with E-state index < -0.39 is 10.0 Å². The molecule has 2 heterocycles. The number of benzene rings is 1. The molecule has 4 nitrogen and oxygen atoms in total. The molecule has 0 bridgehead atoms. The minimum absolute atomic E-state index is 0.429. The van der Waals surface area contributed by atoms with E-state index in [2.05, 4.69) is 40.4 Å². The highest BCUT2D eigenvalue weighted by Gasteiger charge is 2.09. The van der Waals surface area contributed by atoms with Gasteiger partial charge < -0.3 is 0 Å². The molecular weight excluding hydrogens is 372 g/mol. The molecule has 25 heavy (non-hydrogen) atoms. The van der Waals surface area contributed by atoms with Gasteiger partial charge in [0.25, 0.3) is 0 Å². The minimum atomic E-state index is -3.12. The Bertz CT molecular complexity index is 915. The summed E-state index contributed by atoms with van der Waals surface area (Å²) in [6, 6.07) is 14.6. The maximum absolute atomic E-state index is 11.1. The van der Waals surface area contributed by atoms with E-state index in [1.54, 1.807) is 22.7 Å². The van der Waals surface area contributed by atoms with Crippen molar-refractivity contribution < 1.29 is 8.42 Å². The fourth-order valence-corrected chi connectivity index (χ4v) is 4.76. The lowest BCUT2D eigenvalue weighted by atomic mass is 10.1. The molecule has 0 saturated heterocycles. The van der Waals surface area contributed by atoms with E-state index in [0.717, 1.165) is 33.3 Å². The van der Waals surface area contributed by atoms with Crippen LogP contribution in [-0.4, -0.2) is 26.2 Å². The van der Waals surface area contributed by atoms with Gasteiger partial charge in [-0.2, -0.15) is 0 Å². The van der Waals surface area contributed by atoms with Crippen molar-refractivity contribution in [1.82, 2.24) is 9.71 Å². The standard InChI is InChI=1S/C18H20N2O2S3/c1-25(21,22)19-12-11-15-8-9-17(24-15)16-13-23-18(20-16)10-7-14-5-3-2-4-6-14/h2-6,8-9,13,19H,7,10-12H2,1H3. The molecule has 0 spiro atoms. The highest BCUT2D eigenvalue weighted by molar-refractivity contribution is 7.88. The van der Waals surface area contributed by atoms with Gasteiger partial charge in [0.05, 0.1) is 21.8 Å². The maximum Gasteiger partial charge on any atom is 0.208 e. The summed E-state index contributed by atoms with van der Waals surface area (Å²) in [6.45, 7) is 0.429. The molecule has 3 rings (SSSR count). The first-order chi connectivity index (χ1) is 12.0. The van der Waals surface area contributed by atoms with Crippen LogP contribution in [0.25, 0.3) is 10.6 Å². The molecule has 1 aromatic carbocycles. The monoisotopic (exact) mass is 392 g/mol. The molecule has 2 aromatic heterocycles. The van der Waals surface area contributed by atoms with Crippen LogP contribution in [0.5, 0.6) is 0 Å². The quantitative estimate of drug-likeness (QED) is 0.635. The average Bonchev–Trinajstić information content (AvgIpc) is 3.22. The summed E-state index contributed by atoms with van der Waals surface area (Å²) in [7, 11) is -3.12. The van der Waals surface area contributed by atoms with Gasteiger partial charge in [-0.1, -0.05) is 30.3 Å². The van der Waals surface area contributed by atoms with Gasteiger partial charge in [0.1, 0.15) is 0 Å². The second-order valence-corrected chi connectivity index (χ2v) is 9.74. The van der Waals surface area contributed by atoms with Gasteiger partial charge in [-0.25, -0.2) is 18.1 Å². The van der Waals surface area contributed by atoms with Gasteiger partial charge in [0.15, 0.2) is 0 Å². The molecule has 3 aromatic rings. The first-order valence-corrected chi connectivity index (χ1v) is 11.6. The predicted molar refractivity (Wildman–Crippen MR) is 106 cm³/mol. The molecule has 0 aliphatic carbocycles. The van der Waals surface area contributed by atoms with Gasteiger partial charge >= 0.3 is 0 Å². The summed E-state index contributed by atoms with van der Waals surface area (Å²) < 4.78 is 24.7. The van der Waals surface area contributed by atoms with E-state index in [4.69, 9.17) is 4.98 Å². The molecule has 1 N–H and O–H groups in total. The number of nitrogens with zero attached hydrogens (tertiary/aromatic N) is 1. The number of thiazole rings is 1. The second kappa shape index (κ2) is 8.23. The van der Waals surface area contributed by atoms with Crippen LogP contribution in [0.1, 0.15) is 15.4 Å². The third kappa shape index (κ3) is 5.74. The molecule has 0 aliphatic rings. The summed E-state index contributed by atoms with van der Waals surface area (Å²) >= 11 is 3.37. The number of nitrogens with one attached hydrogen (secondary N) is 1. The number of hydrogen-bond donors (Lipinski definition) is 1. The minimum Gasteiger partial charge on any atom is -0.240 e.